The summed E-state index contributed by atoms with van der Waals surface area (Å²) in [5, 5.41) is 9.66. The van der Waals surface area contributed by atoms with E-state index in [0.717, 1.165) is 36.0 Å². The number of hydroxylamine groups is 1. The number of hydrogen-bond donors (Lipinski definition) is 2. The summed E-state index contributed by atoms with van der Waals surface area (Å²) in [4.78, 5) is 11.0. The monoisotopic (exact) mass is 442 g/mol. The van der Waals surface area contributed by atoms with E-state index in [1.807, 2.05) is 37.5 Å². The smallest absolute Gasteiger partial charge is 0.243 e. The lowest BCUT2D eigenvalue weighted by Crippen LogP contribution is -2.26. The van der Waals surface area contributed by atoms with Crippen molar-refractivity contribution in [3.8, 4) is 11.1 Å². The number of nitrogens with zero attached hydrogens (tertiary/aromatic N) is 2. The minimum atomic E-state index is -2.29. The van der Waals surface area contributed by atoms with Crippen molar-refractivity contribution < 1.29 is 18.8 Å². The molecule has 3 aromatic rings. The first-order valence-corrected chi connectivity index (χ1v) is 11.4. The molecule has 0 saturated carbocycles. The zero-order valence-corrected chi connectivity index (χ0v) is 18.4. The second kappa shape index (κ2) is 11.2. The standard InChI is InChI=1S/C23H29N3O4S/c1-25-15-13-20-11-12-21(16-22(20)25)19-9-7-18(8-10-19)17-26(31(29)30)14-5-3-2-4-6-23(27)24-28/h7-13,15-16,28H,2-6,14,17H2,1H3,(H,24,27)(H,29,30)/p-1. The summed E-state index contributed by atoms with van der Waals surface area (Å²) < 4.78 is 26.7. The Bertz CT molecular complexity index is 1030. The van der Waals surface area contributed by atoms with Gasteiger partial charge in [-0.05, 0) is 47.1 Å². The van der Waals surface area contributed by atoms with E-state index in [-0.39, 0.29) is 6.42 Å². The molecular weight excluding hydrogens is 414 g/mol. The number of unbranched alkanes of at least 4 members (excludes halogenated alkanes) is 3. The van der Waals surface area contributed by atoms with Gasteiger partial charge in [-0.1, -0.05) is 49.2 Å². The Hall–Kier alpha value is -2.52. The van der Waals surface area contributed by atoms with E-state index in [1.54, 1.807) is 5.48 Å². The molecule has 0 radical (unpaired) electrons. The second-order valence-electron chi connectivity index (χ2n) is 7.68. The molecule has 1 amide bonds. The second-order valence-corrected chi connectivity index (χ2v) is 8.63. The predicted molar refractivity (Wildman–Crippen MR) is 121 cm³/mol. The van der Waals surface area contributed by atoms with Crippen molar-refractivity contribution in [2.45, 2.75) is 38.6 Å². The zero-order valence-electron chi connectivity index (χ0n) is 17.6. The van der Waals surface area contributed by atoms with Gasteiger partial charge in [-0.2, -0.15) is 0 Å². The van der Waals surface area contributed by atoms with E-state index in [0.29, 0.717) is 19.5 Å². The maximum Gasteiger partial charge on any atom is 0.243 e. The Morgan fingerprint density at radius 1 is 1.06 bits per heavy atom. The summed E-state index contributed by atoms with van der Waals surface area (Å²) in [5.41, 5.74) is 5.94. The van der Waals surface area contributed by atoms with Gasteiger partial charge >= 0.3 is 0 Å². The molecule has 8 heteroatoms. The van der Waals surface area contributed by atoms with Crippen LogP contribution >= 0.6 is 0 Å². The van der Waals surface area contributed by atoms with Gasteiger partial charge in [0, 0.05) is 49.5 Å². The molecule has 1 atom stereocenters. The quantitative estimate of drug-likeness (QED) is 0.204. The Balaban J connectivity index is 1.54. The number of fused-ring (bicyclic) bond motifs is 1. The first-order valence-electron chi connectivity index (χ1n) is 10.4. The third kappa shape index (κ3) is 6.48. The van der Waals surface area contributed by atoms with E-state index < -0.39 is 17.2 Å². The summed E-state index contributed by atoms with van der Waals surface area (Å²) in [6.45, 7) is 0.772. The Kier molecular flexibility index (Phi) is 8.36. The molecule has 0 fully saturated rings. The van der Waals surface area contributed by atoms with Crippen LogP contribution in [-0.2, 0) is 29.7 Å². The molecule has 0 spiro atoms. The molecule has 7 nitrogen and oxygen atoms in total. The topological polar surface area (TPSA) is 97.6 Å². The Morgan fingerprint density at radius 3 is 2.48 bits per heavy atom. The van der Waals surface area contributed by atoms with Gasteiger partial charge in [-0.15, -0.1) is 0 Å². The average Bonchev–Trinajstić information content (AvgIpc) is 3.15. The summed E-state index contributed by atoms with van der Waals surface area (Å²) >= 11 is -2.29. The summed E-state index contributed by atoms with van der Waals surface area (Å²) in [7, 11) is 2.03. The zero-order chi connectivity index (χ0) is 22.2. The van der Waals surface area contributed by atoms with Crippen LogP contribution < -0.4 is 5.48 Å². The van der Waals surface area contributed by atoms with Gasteiger partial charge in [-0.3, -0.25) is 14.2 Å². The molecule has 0 aliphatic rings. The van der Waals surface area contributed by atoms with Crippen molar-refractivity contribution in [2.75, 3.05) is 6.54 Å². The van der Waals surface area contributed by atoms with Crippen molar-refractivity contribution in [2.24, 2.45) is 7.05 Å². The summed E-state index contributed by atoms with van der Waals surface area (Å²) in [6.07, 6.45) is 5.35. The first-order chi connectivity index (χ1) is 15.0. The van der Waals surface area contributed by atoms with Crippen LogP contribution in [0.2, 0.25) is 0 Å². The van der Waals surface area contributed by atoms with Crippen molar-refractivity contribution in [1.29, 1.82) is 0 Å². The molecule has 0 aliphatic carbocycles. The van der Waals surface area contributed by atoms with Crippen LogP contribution in [0.1, 0.15) is 37.7 Å². The van der Waals surface area contributed by atoms with Gasteiger partial charge in [0.2, 0.25) is 5.91 Å². The number of nitrogens with one attached hydrogen (secondary N) is 1. The molecule has 1 aromatic heterocycles. The third-order valence-corrected chi connectivity index (χ3v) is 6.16. The maximum atomic E-state index is 11.6. The molecule has 3 rings (SSSR count). The van der Waals surface area contributed by atoms with Crippen molar-refractivity contribution in [3.63, 3.8) is 0 Å². The minimum Gasteiger partial charge on any atom is -0.760 e. The lowest BCUT2D eigenvalue weighted by molar-refractivity contribution is -0.129. The summed E-state index contributed by atoms with van der Waals surface area (Å²) in [6, 6.07) is 16.4. The molecule has 0 bridgehead atoms. The fourth-order valence-corrected chi connectivity index (χ4v) is 4.17. The highest BCUT2D eigenvalue weighted by Crippen LogP contribution is 2.25. The highest BCUT2D eigenvalue weighted by atomic mass is 32.2. The number of aryl methyl sites for hydroxylation is 1. The molecule has 1 heterocycles. The summed E-state index contributed by atoms with van der Waals surface area (Å²) in [5.74, 6) is -0.394. The van der Waals surface area contributed by atoms with Crippen LogP contribution in [0.4, 0.5) is 0 Å². The molecule has 2 aromatic carbocycles. The largest absolute Gasteiger partial charge is 0.760 e. The van der Waals surface area contributed by atoms with Crippen LogP contribution in [0.25, 0.3) is 22.0 Å². The van der Waals surface area contributed by atoms with Crippen molar-refractivity contribution in [3.05, 3.63) is 60.3 Å². The average molecular weight is 443 g/mol. The number of hydrogen-bond acceptors (Lipinski definition) is 4. The molecule has 2 N–H and O–H groups in total. The number of carbonyl (C=O) groups is 1. The molecule has 0 aliphatic heterocycles. The van der Waals surface area contributed by atoms with Crippen LogP contribution in [0, 0.1) is 0 Å². The SMILES string of the molecule is Cn1ccc2ccc(-c3ccc(CN(CCCCCCC(=O)NO)S(=O)[O-])cc3)cc21. The van der Waals surface area contributed by atoms with Crippen molar-refractivity contribution >= 4 is 28.1 Å². The maximum absolute atomic E-state index is 11.6. The Labute approximate surface area is 185 Å². The van der Waals surface area contributed by atoms with Crippen LogP contribution in [0.5, 0.6) is 0 Å². The first kappa shape index (κ1) is 23.1. The van der Waals surface area contributed by atoms with E-state index in [2.05, 4.69) is 28.8 Å². The lowest BCUT2D eigenvalue weighted by Gasteiger charge is -2.24. The fourth-order valence-electron chi connectivity index (χ4n) is 3.64. The minimum absolute atomic E-state index is 0.275. The molecule has 0 saturated heterocycles. The highest BCUT2D eigenvalue weighted by molar-refractivity contribution is 7.76. The number of carbonyl (C=O) groups excluding carboxylic acids is 1. The molecule has 166 valence electrons. The van der Waals surface area contributed by atoms with E-state index in [1.165, 1.54) is 15.2 Å². The van der Waals surface area contributed by atoms with Gasteiger partial charge in [0.15, 0.2) is 0 Å². The normalized spacial score (nSPS) is 12.4. The van der Waals surface area contributed by atoms with Gasteiger partial charge < -0.3 is 9.12 Å². The molecule has 31 heavy (non-hydrogen) atoms. The molecule has 1 unspecified atom stereocenters. The highest BCUT2D eigenvalue weighted by Gasteiger charge is 2.08. The van der Waals surface area contributed by atoms with Gasteiger partial charge in [0.1, 0.15) is 0 Å². The third-order valence-electron chi connectivity index (χ3n) is 5.43. The lowest BCUT2D eigenvalue weighted by atomic mass is 10.0. The van der Waals surface area contributed by atoms with Crippen LogP contribution in [0.3, 0.4) is 0 Å². The molecular formula is C23H28N3O4S-. The number of benzene rings is 2. The number of aromatic nitrogens is 1. The van der Waals surface area contributed by atoms with E-state index in [4.69, 9.17) is 5.21 Å². The van der Waals surface area contributed by atoms with Gasteiger partial charge in [-0.25, -0.2) is 9.79 Å². The van der Waals surface area contributed by atoms with E-state index in [9.17, 15) is 13.6 Å². The number of rotatable bonds is 11. The van der Waals surface area contributed by atoms with E-state index >= 15 is 0 Å². The van der Waals surface area contributed by atoms with Crippen molar-refractivity contribution in [1.82, 2.24) is 14.4 Å². The number of amides is 1. The van der Waals surface area contributed by atoms with Gasteiger partial charge in [0.25, 0.3) is 0 Å². The predicted octanol–water partition coefficient (Wildman–Crippen LogP) is 3.90. The van der Waals surface area contributed by atoms with Crippen LogP contribution in [-0.4, -0.2) is 35.3 Å². The van der Waals surface area contributed by atoms with Crippen LogP contribution in [0.15, 0.2) is 54.7 Å². The Morgan fingerprint density at radius 2 is 1.77 bits per heavy atom. The van der Waals surface area contributed by atoms with Gasteiger partial charge in [0.05, 0.1) is 0 Å². The fraction of sp³-hybridized carbons (Fsp3) is 0.348.